The Morgan fingerprint density at radius 2 is 1.71 bits per heavy atom. The Bertz CT molecular complexity index is 743. The zero-order valence-corrected chi connectivity index (χ0v) is 14.4. The number of rotatable bonds is 5. The van der Waals surface area contributed by atoms with Gasteiger partial charge in [-0.2, -0.15) is 0 Å². The average molecular weight is 369 g/mol. The van der Waals surface area contributed by atoms with Crippen LogP contribution in [0.3, 0.4) is 0 Å². The van der Waals surface area contributed by atoms with E-state index in [0.717, 1.165) is 0 Å². The Morgan fingerprint density at radius 1 is 1.04 bits per heavy atom. The number of ether oxygens (including phenoxy) is 3. The molecule has 0 aliphatic rings. The summed E-state index contributed by atoms with van der Waals surface area (Å²) in [5.74, 6) is -0.521. The van der Waals surface area contributed by atoms with Crippen molar-refractivity contribution in [1.29, 1.82) is 0 Å². The summed E-state index contributed by atoms with van der Waals surface area (Å²) < 4.78 is 15.3. The minimum atomic E-state index is -0.902. The highest BCUT2D eigenvalue weighted by Gasteiger charge is 2.19. The molecule has 7 heteroatoms. The molecular weight excluding hydrogens is 355 g/mol. The van der Waals surface area contributed by atoms with E-state index in [-0.39, 0.29) is 16.5 Å². The van der Waals surface area contributed by atoms with E-state index >= 15 is 0 Å². The molecule has 0 heterocycles. The Labute approximate surface area is 149 Å². The zero-order chi connectivity index (χ0) is 17.7. The molecule has 2 aromatic carbocycles. The van der Waals surface area contributed by atoms with Crippen LogP contribution in [0.5, 0.6) is 11.5 Å². The third-order valence-corrected chi connectivity index (χ3v) is 3.85. The highest BCUT2D eigenvalue weighted by molar-refractivity contribution is 6.42. The SMILES string of the molecule is COC(=O)c1ccc(OC(=O)C(C)Oc2cccc(Cl)c2Cl)cc1. The van der Waals surface area contributed by atoms with Crippen LogP contribution in [-0.2, 0) is 9.53 Å². The fourth-order valence-corrected chi connectivity index (χ4v) is 2.13. The van der Waals surface area contributed by atoms with E-state index in [9.17, 15) is 9.59 Å². The molecule has 0 saturated carbocycles. The van der Waals surface area contributed by atoms with Crippen molar-refractivity contribution >= 4 is 35.1 Å². The van der Waals surface area contributed by atoms with Crippen LogP contribution in [-0.4, -0.2) is 25.2 Å². The second-order valence-corrected chi connectivity index (χ2v) is 5.53. The predicted octanol–water partition coefficient (Wildman–Crippen LogP) is 4.15. The topological polar surface area (TPSA) is 61.8 Å². The maximum Gasteiger partial charge on any atom is 0.352 e. The van der Waals surface area contributed by atoms with Crippen LogP contribution in [0.4, 0.5) is 0 Å². The van der Waals surface area contributed by atoms with E-state index in [0.29, 0.717) is 10.6 Å². The summed E-state index contributed by atoms with van der Waals surface area (Å²) in [6.07, 6.45) is -0.902. The summed E-state index contributed by atoms with van der Waals surface area (Å²) in [6.45, 7) is 1.53. The normalized spacial score (nSPS) is 11.5. The molecule has 2 rings (SSSR count). The van der Waals surface area contributed by atoms with E-state index in [1.165, 1.54) is 38.3 Å². The van der Waals surface area contributed by atoms with E-state index in [4.69, 9.17) is 32.7 Å². The molecule has 0 spiro atoms. The lowest BCUT2D eigenvalue weighted by atomic mass is 10.2. The van der Waals surface area contributed by atoms with Gasteiger partial charge in [0.05, 0.1) is 17.7 Å². The molecule has 0 saturated heterocycles. The lowest BCUT2D eigenvalue weighted by Gasteiger charge is -2.15. The van der Waals surface area contributed by atoms with Gasteiger partial charge in [0.1, 0.15) is 16.5 Å². The maximum atomic E-state index is 12.1. The van der Waals surface area contributed by atoms with Gasteiger partial charge in [0.25, 0.3) is 0 Å². The number of benzene rings is 2. The summed E-state index contributed by atoms with van der Waals surface area (Å²) in [4.78, 5) is 23.4. The van der Waals surface area contributed by atoms with Crippen molar-refractivity contribution < 1.29 is 23.8 Å². The van der Waals surface area contributed by atoms with Crippen LogP contribution in [0.15, 0.2) is 42.5 Å². The van der Waals surface area contributed by atoms with Crippen molar-refractivity contribution in [3.63, 3.8) is 0 Å². The van der Waals surface area contributed by atoms with Gasteiger partial charge in [-0.1, -0.05) is 29.3 Å². The number of hydrogen-bond donors (Lipinski definition) is 0. The summed E-state index contributed by atoms with van der Waals surface area (Å²) >= 11 is 11.9. The molecule has 0 N–H and O–H groups in total. The molecule has 5 nitrogen and oxygen atoms in total. The van der Waals surface area contributed by atoms with Crippen LogP contribution in [0, 0.1) is 0 Å². The van der Waals surface area contributed by atoms with E-state index < -0.39 is 18.0 Å². The molecule has 24 heavy (non-hydrogen) atoms. The number of hydrogen-bond acceptors (Lipinski definition) is 5. The van der Waals surface area contributed by atoms with Crippen LogP contribution in [0.25, 0.3) is 0 Å². The summed E-state index contributed by atoms with van der Waals surface area (Å²) in [5, 5.41) is 0.550. The average Bonchev–Trinajstić information content (AvgIpc) is 2.58. The van der Waals surface area contributed by atoms with Gasteiger partial charge in [-0.3, -0.25) is 0 Å². The number of esters is 2. The third kappa shape index (κ3) is 4.40. The van der Waals surface area contributed by atoms with Gasteiger partial charge in [-0.05, 0) is 43.3 Å². The Balaban J connectivity index is 2.01. The number of carbonyl (C=O) groups is 2. The summed E-state index contributed by atoms with van der Waals surface area (Å²) in [6, 6.07) is 10.8. The first-order valence-corrected chi connectivity index (χ1v) is 7.68. The van der Waals surface area contributed by atoms with Crippen molar-refractivity contribution in [2.24, 2.45) is 0 Å². The van der Waals surface area contributed by atoms with Crippen LogP contribution in [0.2, 0.25) is 10.0 Å². The Hall–Kier alpha value is -2.24. The van der Waals surface area contributed by atoms with Crippen molar-refractivity contribution in [1.82, 2.24) is 0 Å². The second kappa shape index (κ2) is 8.04. The molecule has 2 aromatic rings. The van der Waals surface area contributed by atoms with Gasteiger partial charge in [0.2, 0.25) is 0 Å². The largest absolute Gasteiger partial charge is 0.477 e. The first-order valence-electron chi connectivity index (χ1n) is 6.93. The van der Waals surface area contributed by atoms with Crippen LogP contribution in [0.1, 0.15) is 17.3 Å². The molecule has 1 atom stereocenters. The molecule has 126 valence electrons. The molecule has 1 unspecified atom stereocenters. The van der Waals surface area contributed by atoms with Gasteiger partial charge in [0, 0.05) is 0 Å². The monoisotopic (exact) mass is 368 g/mol. The molecule has 0 radical (unpaired) electrons. The Morgan fingerprint density at radius 3 is 2.33 bits per heavy atom. The lowest BCUT2D eigenvalue weighted by molar-refractivity contribution is -0.141. The van der Waals surface area contributed by atoms with Crippen molar-refractivity contribution in [3.8, 4) is 11.5 Å². The van der Waals surface area contributed by atoms with Gasteiger partial charge in [-0.25, -0.2) is 9.59 Å². The third-order valence-electron chi connectivity index (χ3n) is 3.05. The molecule has 0 amide bonds. The first-order chi connectivity index (χ1) is 11.4. The van der Waals surface area contributed by atoms with Crippen molar-refractivity contribution in [3.05, 3.63) is 58.1 Å². The smallest absolute Gasteiger partial charge is 0.352 e. The molecule has 0 fully saturated rings. The molecule has 0 bridgehead atoms. The summed E-state index contributed by atoms with van der Waals surface area (Å²) in [5.41, 5.74) is 0.354. The highest BCUT2D eigenvalue weighted by Crippen LogP contribution is 2.32. The lowest BCUT2D eigenvalue weighted by Crippen LogP contribution is -2.28. The highest BCUT2D eigenvalue weighted by atomic mass is 35.5. The maximum absolute atomic E-state index is 12.1. The molecule has 0 aliphatic heterocycles. The van der Waals surface area contributed by atoms with Gasteiger partial charge in [-0.15, -0.1) is 0 Å². The van der Waals surface area contributed by atoms with Crippen molar-refractivity contribution in [2.75, 3.05) is 7.11 Å². The fraction of sp³-hybridized carbons (Fsp3) is 0.176. The summed E-state index contributed by atoms with van der Waals surface area (Å²) in [7, 11) is 1.29. The molecule has 0 aliphatic carbocycles. The second-order valence-electron chi connectivity index (χ2n) is 4.75. The van der Waals surface area contributed by atoms with Crippen LogP contribution >= 0.6 is 23.2 Å². The van der Waals surface area contributed by atoms with Gasteiger partial charge in [0.15, 0.2) is 6.10 Å². The van der Waals surface area contributed by atoms with Gasteiger partial charge >= 0.3 is 11.9 Å². The molecule has 0 aromatic heterocycles. The van der Waals surface area contributed by atoms with E-state index in [1.807, 2.05) is 0 Å². The quantitative estimate of drug-likeness (QED) is 0.585. The van der Waals surface area contributed by atoms with Crippen molar-refractivity contribution in [2.45, 2.75) is 13.0 Å². The minimum Gasteiger partial charge on any atom is -0.477 e. The Kier molecular flexibility index (Phi) is 6.06. The first kappa shape index (κ1) is 18.1. The van der Waals surface area contributed by atoms with E-state index in [2.05, 4.69) is 4.74 Å². The zero-order valence-electron chi connectivity index (χ0n) is 12.9. The van der Waals surface area contributed by atoms with Gasteiger partial charge < -0.3 is 14.2 Å². The minimum absolute atomic E-state index is 0.223. The fourth-order valence-electron chi connectivity index (χ4n) is 1.79. The van der Waals surface area contributed by atoms with E-state index in [1.54, 1.807) is 18.2 Å². The predicted molar refractivity (Wildman–Crippen MR) is 90.0 cm³/mol. The van der Waals surface area contributed by atoms with Crippen LogP contribution < -0.4 is 9.47 Å². The molecular formula is C17H14Cl2O5. The standard InChI is InChI=1S/C17H14Cl2O5/c1-10(23-14-5-3-4-13(18)15(14)19)16(20)24-12-8-6-11(7-9-12)17(21)22-2/h3-10H,1-2H3. The number of carbonyl (C=O) groups excluding carboxylic acids is 2. The number of methoxy groups -OCH3 is 1. The number of halogens is 2.